The molecule has 0 radical (unpaired) electrons. The van der Waals surface area contributed by atoms with Gasteiger partial charge in [0.1, 0.15) is 5.01 Å². The topological polar surface area (TPSA) is 42.7 Å². The molecule has 5 heteroatoms. The summed E-state index contributed by atoms with van der Waals surface area (Å²) in [5.41, 5.74) is 2.44. The van der Waals surface area contributed by atoms with Crippen LogP contribution in [0.4, 0.5) is 0 Å². The van der Waals surface area contributed by atoms with Gasteiger partial charge in [-0.25, -0.2) is 4.98 Å². The molecule has 0 bridgehead atoms. The van der Waals surface area contributed by atoms with E-state index in [-0.39, 0.29) is 0 Å². The van der Waals surface area contributed by atoms with Gasteiger partial charge in [-0.3, -0.25) is 4.68 Å². The zero-order valence-electron chi connectivity index (χ0n) is 12.2. The minimum Gasteiger partial charge on any atom is -0.309 e. The molecule has 3 rings (SSSR count). The first kappa shape index (κ1) is 13.8. The molecule has 0 fully saturated rings. The SMILES string of the molecule is CCCNC1CCCc2sc(-c3ccnn3CC)nc21. The van der Waals surface area contributed by atoms with Crippen LogP contribution in [0.3, 0.4) is 0 Å². The summed E-state index contributed by atoms with van der Waals surface area (Å²) in [6, 6.07) is 2.52. The van der Waals surface area contributed by atoms with Gasteiger partial charge >= 0.3 is 0 Å². The van der Waals surface area contributed by atoms with E-state index in [0.717, 1.165) is 23.8 Å². The third kappa shape index (κ3) is 2.52. The number of fused-ring (bicyclic) bond motifs is 1. The molecule has 1 unspecified atom stereocenters. The van der Waals surface area contributed by atoms with E-state index < -0.39 is 0 Å². The highest BCUT2D eigenvalue weighted by atomic mass is 32.1. The predicted octanol–water partition coefficient (Wildman–Crippen LogP) is 3.40. The van der Waals surface area contributed by atoms with Crippen LogP contribution < -0.4 is 5.32 Å². The lowest BCUT2D eigenvalue weighted by atomic mass is 9.97. The molecule has 0 amide bonds. The fourth-order valence-corrected chi connectivity index (χ4v) is 4.01. The Hall–Kier alpha value is -1.20. The molecule has 1 N–H and O–H groups in total. The number of aromatic nitrogens is 3. The van der Waals surface area contributed by atoms with Crippen LogP contribution in [0, 0.1) is 0 Å². The molecule has 1 aliphatic carbocycles. The van der Waals surface area contributed by atoms with E-state index in [1.165, 1.54) is 36.3 Å². The van der Waals surface area contributed by atoms with Crippen molar-refractivity contribution >= 4 is 11.3 Å². The van der Waals surface area contributed by atoms with Gasteiger partial charge in [0.15, 0.2) is 0 Å². The molecule has 108 valence electrons. The van der Waals surface area contributed by atoms with E-state index in [2.05, 4.69) is 30.3 Å². The molecule has 2 heterocycles. The van der Waals surface area contributed by atoms with Crippen molar-refractivity contribution < 1.29 is 0 Å². The molecule has 2 aromatic heterocycles. The monoisotopic (exact) mass is 290 g/mol. The van der Waals surface area contributed by atoms with Crippen molar-refractivity contribution in [2.45, 2.75) is 52.1 Å². The Labute approximate surface area is 124 Å². The molecule has 0 aromatic carbocycles. The summed E-state index contributed by atoms with van der Waals surface area (Å²) in [5.74, 6) is 0. The van der Waals surface area contributed by atoms with Gasteiger partial charge in [0.05, 0.1) is 17.4 Å². The summed E-state index contributed by atoms with van der Waals surface area (Å²) in [4.78, 5) is 6.39. The third-order valence-corrected chi connectivity index (χ3v) is 4.98. The quantitative estimate of drug-likeness (QED) is 0.917. The summed E-state index contributed by atoms with van der Waals surface area (Å²) < 4.78 is 2.03. The van der Waals surface area contributed by atoms with Crippen LogP contribution in [0.25, 0.3) is 10.7 Å². The van der Waals surface area contributed by atoms with E-state index in [1.807, 2.05) is 22.2 Å². The van der Waals surface area contributed by atoms with E-state index in [9.17, 15) is 0 Å². The largest absolute Gasteiger partial charge is 0.309 e. The lowest BCUT2D eigenvalue weighted by molar-refractivity contribution is 0.454. The van der Waals surface area contributed by atoms with Crippen molar-refractivity contribution in [2.24, 2.45) is 0 Å². The van der Waals surface area contributed by atoms with Gasteiger partial charge in [-0.2, -0.15) is 5.10 Å². The van der Waals surface area contributed by atoms with Gasteiger partial charge in [0.2, 0.25) is 0 Å². The maximum absolute atomic E-state index is 4.93. The van der Waals surface area contributed by atoms with Gasteiger partial charge < -0.3 is 5.32 Å². The number of nitrogens with one attached hydrogen (secondary N) is 1. The standard InChI is InChI=1S/C15H22N4S/c1-3-9-16-11-6-5-7-13-14(11)18-15(20-13)12-8-10-17-19(12)4-2/h8,10-11,16H,3-7,9H2,1-2H3. The van der Waals surface area contributed by atoms with Crippen molar-refractivity contribution in [3.8, 4) is 10.7 Å². The van der Waals surface area contributed by atoms with Crippen LogP contribution in [-0.2, 0) is 13.0 Å². The van der Waals surface area contributed by atoms with Crippen molar-refractivity contribution in [3.63, 3.8) is 0 Å². The van der Waals surface area contributed by atoms with Gasteiger partial charge in [-0.05, 0) is 45.2 Å². The Morgan fingerprint density at radius 2 is 2.35 bits per heavy atom. The maximum atomic E-state index is 4.93. The summed E-state index contributed by atoms with van der Waals surface area (Å²) >= 11 is 1.85. The summed E-state index contributed by atoms with van der Waals surface area (Å²) in [7, 11) is 0. The Bertz CT molecular complexity index is 572. The highest BCUT2D eigenvalue weighted by molar-refractivity contribution is 7.15. The van der Waals surface area contributed by atoms with E-state index in [1.54, 1.807) is 0 Å². The molecule has 1 aliphatic rings. The number of hydrogen-bond acceptors (Lipinski definition) is 4. The molecule has 0 saturated carbocycles. The van der Waals surface area contributed by atoms with Crippen molar-refractivity contribution in [1.82, 2.24) is 20.1 Å². The highest BCUT2D eigenvalue weighted by Gasteiger charge is 2.25. The Kier molecular flexibility index (Phi) is 4.17. The summed E-state index contributed by atoms with van der Waals surface area (Å²) in [6.45, 7) is 6.30. The molecule has 0 spiro atoms. The molecule has 20 heavy (non-hydrogen) atoms. The zero-order chi connectivity index (χ0) is 13.9. The molecule has 0 saturated heterocycles. The van der Waals surface area contributed by atoms with Crippen LogP contribution in [0.5, 0.6) is 0 Å². The van der Waals surface area contributed by atoms with Crippen LogP contribution >= 0.6 is 11.3 Å². The number of nitrogens with zero attached hydrogens (tertiary/aromatic N) is 3. The van der Waals surface area contributed by atoms with Crippen LogP contribution in [-0.4, -0.2) is 21.3 Å². The van der Waals surface area contributed by atoms with E-state index in [4.69, 9.17) is 4.98 Å². The molecule has 0 aliphatic heterocycles. The number of aryl methyl sites for hydroxylation is 2. The number of hydrogen-bond donors (Lipinski definition) is 1. The third-order valence-electron chi connectivity index (χ3n) is 3.83. The minimum atomic E-state index is 0.446. The van der Waals surface area contributed by atoms with Crippen LogP contribution in [0.1, 0.15) is 49.7 Å². The lowest BCUT2D eigenvalue weighted by Gasteiger charge is -2.22. The van der Waals surface area contributed by atoms with Gasteiger partial charge in [0.25, 0.3) is 0 Å². The van der Waals surface area contributed by atoms with Crippen molar-refractivity contribution in [3.05, 3.63) is 22.8 Å². The Morgan fingerprint density at radius 1 is 1.45 bits per heavy atom. The second-order valence-corrected chi connectivity index (χ2v) is 6.34. The van der Waals surface area contributed by atoms with Gasteiger partial charge in [-0.1, -0.05) is 6.92 Å². The lowest BCUT2D eigenvalue weighted by Crippen LogP contribution is -2.25. The van der Waals surface area contributed by atoms with E-state index in [0.29, 0.717) is 6.04 Å². The smallest absolute Gasteiger partial charge is 0.142 e. The number of thiazole rings is 1. The average molecular weight is 290 g/mol. The first-order valence-electron chi connectivity index (χ1n) is 7.58. The molecular formula is C15H22N4S. The molecule has 2 aromatic rings. The zero-order valence-corrected chi connectivity index (χ0v) is 13.0. The average Bonchev–Trinajstić information content (AvgIpc) is 3.10. The predicted molar refractivity (Wildman–Crippen MR) is 83.0 cm³/mol. The van der Waals surface area contributed by atoms with Crippen molar-refractivity contribution in [1.29, 1.82) is 0 Å². The molecule has 4 nitrogen and oxygen atoms in total. The first-order valence-corrected chi connectivity index (χ1v) is 8.40. The summed E-state index contributed by atoms with van der Waals surface area (Å²) in [6.07, 6.45) is 6.70. The van der Waals surface area contributed by atoms with Crippen LogP contribution in [0.15, 0.2) is 12.3 Å². The second-order valence-electron chi connectivity index (χ2n) is 5.26. The number of rotatable bonds is 5. The Morgan fingerprint density at radius 3 is 3.15 bits per heavy atom. The first-order chi connectivity index (χ1) is 9.83. The second kappa shape index (κ2) is 6.06. The Balaban J connectivity index is 1.91. The fraction of sp³-hybridized carbons (Fsp3) is 0.600. The van der Waals surface area contributed by atoms with Crippen LogP contribution in [0.2, 0.25) is 0 Å². The van der Waals surface area contributed by atoms with Gasteiger partial charge in [-0.15, -0.1) is 11.3 Å². The minimum absolute atomic E-state index is 0.446. The summed E-state index contributed by atoms with van der Waals surface area (Å²) in [5, 5.41) is 9.11. The normalized spacial score (nSPS) is 18.2. The van der Waals surface area contributed by atoms with Gasteiger partial charge in [0, 0.05) is 17.6 Å². The fourth-order valence-electron chi connectivity index (χ4n) is 2.81. The highest BCUT2D eigenvalue weighted by Crippen LogP contribution is 2.36. The molecular weight excluding hydrogens is 268 g/mol. The van der Waals surface area contributed by atoms with E-state index >= 15 is 0 Å². The maximum Gasteiger partial charge on any atom is 0.142 e. The molecule has 1 atom stereocenters. The van der Waals surface area contributed by atoms with Crippen molar-refractivity contribution in [2.75, 3.05) is 6.54 Å².